The van der Waals surface area contributed by atoms with Gasteiger partial charge in [0.05, 0.1) is 26.2 Å². The molecule has 0 aliphatic heterocycles. The zero-order valence-corrected chi connectivity index (χ0v) is 12.8. The van der Waals surface area contributed by atoms with Gasteiger partial charge in [0.15, 0.2) is 17.8 Å². The van der Waals surface area contributed by atoms with Crippen LogP contribution in [0.25, 0.3) is 0 Å². The number of carbonyl (C=O) groups is 2. The van der Waals surface area contributed by atoms with Gasteiger partial charge in [-0.25, -0.2) is 0 Å². The number of aldehydes is 1. The fraction of sp³-hybridized carbons (Fsp3) is 0.429. The molecule has 0 bridgehead atoms. The number of carboxylic acid groups (broad SMARTS) is 1. The molecular formula is C14H15BrO5. The van der Waals surface area contributed by atoms with Crippen molar-refractivity contribution in [1.82, 2.24) is 0 Å². The third kappa shape index (κ3) is 2.40. The van der Waals surface area contributed by atoms with Crippen molar-refractivity contribution in [3.8, 4) is 11.5 Å². The number of carbonyl (C=O) groups excluding carboxylic acids is 1. The lowest BCUT2D eigenvalue weighted by Gasteiger charge is -2.22. The summed E-state index contributed by atoms with van der Waals surface area (Å²) in [6.45, 7) is 0. The predicted molar refractivity (Wildman–Crippen MR) is 75.8 cm³/mol. The van der Waals surface area contributed by atoms with E-state index >= 15 is 0 Å². The molecule has 0 amide bonds. The summed E-state index contributed by atoms with van der Waals surface area (Å²) in [7, 11) is 2.94. The molecule has 6 heteroatoms. The highest BCUT2D eigenvalue weighted by Crippen LogP contribution is 2.58. The van der Waals surface area contributed by atoms with E-state index in [2.05, 4.69) is 15.9 Å². The second-order valence-corrected chi connectivity index (χ2v) is 5.71. The van der Waals surface area contributed by atoms with Gasteiger partial charge < -0.3 is 14.6 Å². The van der Waals surface area contributed by atoms with Gasteiger partial charge in [0.25, 0.3) is 0 Å². The van der Waals surface area contributed by atoms with Crippen molar-refractivity contribution >= 4 is 28.2 Å². The van der Waals surface area contributed by atoms with Crippen LogP contribution >= 0.6 is 15.9 Å². The summed E-state index contributed by atoms with van der Waals surface area (Å²) in [6.07, 6.45) is 2.27. The molecule has 1 N–H and O–H groups in total. The van der Waals surface area contributed by atoms with Gasteiger partial charge in [-0.2, -0.15) is 0 Å². The van der Waals surface area contributed by atoms with Crippen molar-refractivity contribution in [2.45, 2.75) is 24.7 Å². The quantitative estimate of drug-likeness (QED) is 0.804. The Kier molecular flexibility index (Phi) is 4.04. The Morgan fingerprint density at radius 3 is 2.40 bits per heavy atom. The van der Waals surface area contributed by atoms with Crippen molar-refractivity contribution in [3.63, 3.8) is 0 Å². The average molecular weight is 343 g/mol. The minimum atomic E-state index is -0.852. The number of hydrogen-bond acceptors (Lipinski definition) is 4. The van der Waals surface area contributed by atoms with Gasteiger partial charge in [0.1, 0.15) is 0 Å². The number of ether oxygens (including phenoxy) is 2. The zero-order chi connectivity index (χ0) is 14.9. The minimum Gasteiger partial charge on any atom is -0.492 e. The molecule has 0 heterocycles. The van der Waals surface area contributed by atoms with Gasteiger partial charge in [-0.15, -0.1) is 0 Å². The molecule has 5 nitrogen and oxygen atoms in total. The van der Waals surface area contributed by atoms with Gasteiger partial charge in [0.2, 0.25) is 0 Å². The van der Waals surface area contributed by atoms with Gasteiger partial charge in [-0.1, -0.05) is 15.9 Å². The van der Waals surface area contributed by atoms with Crippen molar-refractivity contribution in [2.75, 3.05) is 14.2 Å². The van der Waals surface area contributed by atoms with Crippen LogP contribution in [0.15, 0.2) is 10.5 Å². The monoisotopic (exact) mass is 342 g/mol. The van der Waals surface area contributed by atoms with Gasteiger partial charge in [-0.05, 0) is 18.9 Å². The number of hydrogen-bond donors (Lipinski definition) is 1. The predicted octanol–water partition coefficient (Wildman–Crippen LogP) is 2.79. The Labute approximate surface area is 125 Å². The van der Waals surface area contributed by atoms with Crippen LogP contribution in [0, 0.1) is 0 Å². The molecule has 0 radical (unpaired) electrons. The summed E-state index contributed by atoms with van der Waals surface area (Å²) in [5.74, 6) is -0.0741. The lowest BCUT2D eigenvalue weighted by molar-refractivity contribution is -0.137. The molecule has 0 atom stereocenters. The average Bonchev–Trinajstić information content (AvgIpc) is 3.16. The van der Waals surface area contributed by atoms with Gasteiger partial charge >= 0.3 is 5.97 Å². The van der Waals surface area contributed by atoms with E-state index in [1.165, 1.54) is 14.2 Å². The zero-order valence-electron chi connectivity index (χ0n) is 11.2. The Morgan fingerprint density at radius 1 is 1.40 bits per heavy atom. The van der Waals surface area contributed by atoms with E-state index < -0.39 is 11.4 Å². The smallest absolute Gasteiger partial charge is 0.304 e. The van der Waals surface area contributed by atoms with E-state index in [4.69, 9.17) is 14.6 Å². The number of methoxy groups -OCH3 is 2. The molecule has 0 saturated heterocycles. The molecule has 1 aliphatic carbocycles. The van der Waals surface area contributed by atoms with Crippen molar-refractivity contribution < 1.29 is 24.2 Å². The molecular weight excluding hydrogens is 328 g/mol. The van der Waals surface area contributed by atoms with Gasteiger partial charge in [-0.3, -0.25) is 9.59 Å². The first-order valence-corrected chi connectivity index (χ1v) is 6.90. The number of halogens is 1. The van der Waals surface area contributed by atoms with Crippen LogP contribution < -0.4 is 9.47 Å². The van der Waals surface area contributed by atoms with E-state index in [-0.39, 0.29) is 6.42 Å². The Morgan fingerprint density at radius 2 is 2.00 bits per heavy atom. The first-order chi connectivity index (χ1) is 9.49. The maximum atomic E-state index is 11.1. The topological polar surface area (TPSA) is 72.8 Å². The van der Waals surface area contributed by atoms with E-state index in [1.54, 1.807) is 6.07 Å². The molecule has 0 spiro atoms. The number of aliphatic carboxylic acids is 1. The van der Waals surface area contributed by atoms with Crippen LogP contribution in [0.4, 0.5) is 0 Å². The van der Waals surface area contributed by atoms with Crippen LogP contribution in [-0.2, 0) is 10.2 Å². The molecule has 1 fully saturated rings. The highest BCUT2D eigenvalue weighted by molar-refractivity contribution is 9.10. The molecule has 2 rings (SSSR count). The van der Waals surface area contributed by atoms with Crippen molar-refractivity contribution in [3.05, 3.63) is 21.7 Å². The molecule has 1 saturated carbocycles. The highest BCUT2D eigenvalue weighted by Gasteiger charge is 2.49. The molecule has 1 aromatic rings. The third-order valence-electron chi connectivity index (χ3n) is 3.63. The maximum absolute atomic E-state index is 11.1. The molecule has 20 heavy (non-hydrogen) atoms. The van der Waals surface area contributed by atoms with Crippen LogP contribution in [0.2, 0.25) is 0 Å². The fourth-order valence-electron chi connectivity index (χ4n) is 2.57. The van der Waals surface area contributed by atoms with Crippen molar-refractivity contribution in [1.29, 1.82) is 0 Å². The third-order valence-corrected chi connectivity index (χ3v) is 4.25. The van der Waals surface area contributed by atoms with Crippen LogP contribution in [0.5, 0.6) is 11.5 Å². The van der Waals surface area contributed by atoms with Gasteiger partial charge in [0, 0.05) is 15.5 Å². The number of rotatable bonds is 6. The van der Waals surface area contributed by atoms with Crippen molar-refractivity contribution in [2.24, 2.45) is 0 Å². The molecule has 1 aromatic carbocycles. The van der Waals surface area contributed by atoms with E-state index in [0.29, 0.717) is 27.8 Å². The molecule has 0 aromatic heterocycles. The summed E-state index contributed by atoms with van der Waals surface area (Å²) in [5, 5.41) is 9.09. The summed E-state index contributed by atoms with van der Waals surface area (Å²) < 4.78 is 11.3. The highest BCUT2D eigenvalue weighted by atomic mass is 79.9. The first kappa shape index (κ1) is 14.8. The lowest BCUT2D eigenvalue weighted by atomic mass is 9.90. The lowest BCUT2D eigenvalue weighted by Crippen LogP contribution is -2.16. The second kappa shape index (κ2) is 5.44. The normalized spacial score (nSPS) is 15.6. The Hall–Kier alpha value is -1.56. The van der Waals surface area contributed by atoms with Crippen LogP contribution in [-0.4, -0.2) is 31.6 Å². The fourth-order valence-corrected chi connectivity index (χ4v) is 3.42. The number of benzene rings is 1. The summed E-state index contributed by atoms with van der Waals surface area (Å²) >= 11 is 3.42. The Balaban J connectivity index is 2.64. The largest absolute Gasteiger partial charge is 0.492 e. The summed E-state index contributed by atoms with van der Waals surface area (Å²) in [6, 6.07) is 1.64. The Bertz CT molecular complexity index is 563. The standard InChI is InChI=1S/C14H15BrO5/c1-19-12-8(7-16)5-9(15)11(13(12)20-2)14(3-4-14)6-10(17)18/h5,7H,3-4,6H2,1-2H3,(H,17,18). The first-order valence-electron chi connectivity index (χ1n) is 6.11. The van der Waals surface area contributed by atoms with Crippen LogP contribution in [0.3, 0.4) is 0 Å². The molecule has 1 aliphatic rings. The molecule has 0 unspecified atom stereocenters. The minimum absolute atomic E-state index is 0.0333. The summed E-state index contributed by atoms with van der Waals surface area (Å²) in [4.78, 5) is 22.2. The number of carboxylic acids is 1. The second-order valence-electron chi connectivity index (χ2n) is 4.86. The molecule has 108 valence electrons. The van der Waals surface area contributed by atoms with Crippen LogP contribution in [0.1, 0.15) is 35.2 Å². The summed E-state index contributed by atoms with van der Waals surface area (Å²) in [5.41, 5.74) is 0.695. The van der Waals surface area contributed by atoms with E-state index in [9.17, 15) is 9.59 Å². The SMILES string of the molecule is COc1c(C=O)cc(Br)c(C2(CC(=O)O)CC2)c1OC. The maximum Gasteiger partial charge on any atom is 0.304 e. The van der Waals surface area contributed by atoms with E-state index in [1.807, 2.05) is 0 Å². The van der Waals surface area contributed by atoms with E-state index in [0.717, 1.165) is 18.4 Å².